The topological polar surface area (TPSA) is 78.8 Å². The molecule has 3 N–H and O–H groups in total. The third-order valence-corrected chi connectivity index (χ3v) is 3.03. The molecular weight excluding hydrogens is 234 g/mol. The second kappa shape index (κ2) is 5.84. The first kappa shape index (κ1) is 12.9. The van der Waals surface area contributed by atoms with Gasteiger partial charge in [0.1, 0.15) is 6.61 Å². The van der Waals surface area contributed by atoms with Crippen LogP contribution in [0.3, 0.4) is 0 Å². The van der Waals surface area contributed by atoms with E-state index in [-0.39, 0.29) is 12.6 Å². The molecular formula is C13H17NO4. The Morgan fingerprint density at radius 3 is 2.44 bits per heavy atom. The molecule has 0 aromatic heterocycles. The highest BCUT2D eigenvalue weighted by Crippen LogP contribution is 2.19. The number of amides is 1. The first-order chi connectivity index (χ1) is 8.65. The molecule has 5 heteroatoms. The molecule has 0 heterocycles. The Morgan fingerprint density at radius 2 is 1.83 bits per heavy atom. The molecule has 2 atom stereocenters. The summed E-state index contributed by atoms with van der Waals surface area (Å²) >= 11 is 0. The molecule has 0 radical (unpaired) electrons. The van der Waals surface area contributed by atoms with Gasteiger partial charge in [0, 0.05) is 6.04 Å². The summed E-state index contributed by atoms with van der Waals surface area (Å²) in [4.78, 5) is 11.5. The van der Waals surface area contributed by atoms with Crippen LogP contribution in [-0.4, -0.2) is 34.6 Å². The van der Waals surface area contributed by atoms with E-state index in [1.807, 2.05) is 30.3 Å². The summed E-state index contributed by atoms with van der Waals surface area (Å²) in [6.45, 7) is 0.213. The van der Waals surface area contributed by atoms with E-state index < -0.39 is 18.3 Å². The van der Waals surface area contributed by atoms with Crippen molar-refractivity contribution in [3.63, 3.8) is 0 Å². The Balaban J connectivity index is 1.73. The van der Waals surface area contributed by atoms with Crippen molar-refractivity contribution < 1.29 is 19.7 Å². The van der Waals surface area contributed by atoms with Gasteiger partial charge in [0.25, 0.3) is 0 Å². The minimum atomic E-state index is -0.760. The minimum absolute atomic E-state index is 0.213. The van der Waals surface area contributed by atoms with Crippen LogP contribution in [0.15, 0.2) is 30.3 Å². The van der Waals surface area contributed by atoms with Crippen LogP contribution in [-0.2, 0) is 11.3 Å². The fourth-order valence-corrected chi connectivity index (χ4v) is 2.04. The SMILES string of the molecule is O=C(NC1C[C@@H](O)[C@H](O)C1)OCc1ccccc1. The Kier molecular flexibility index (Phi) is 4.17. The van der Waals surface area contributed by atoms with Gasteiger partial charge < -0.3 is 20.3 Å². The zero-order valence-electron chi connectivity index (χ0n) is 9.95. The van der Waals surface area contributed by atoms with E-state index in [0.717, 1.165) is 5.56 Å². The highest BCUT2D eigenvalue weighted by molar-refractivity contribution is 5.67. The van der Waals surface area contributed by atoms with Crippen molar-refractivity contribution in [1.82, 2.24) is 5.32 Å². The fraction of sp³-hybridized carbons (Fsp3) is 0.462. The van der Waals surface area contributed by atoms with Crippen molar-refractivity contribution in [2.24, 2.45) is 0 Å². The molecule has 1 saturated carbocycles. The van der Waals surface area contributed by atoms with Gasteiger partial charge in [0.2, 0.25) is 0 Å². The van der Waals surface area contributed by atoms with E-state index in [4.69, 9.17) is 4.74 Å². The molecule has 1 aliphatic carbocycles. The number of carbonyl (C=O) groups is 1. The van der Waals surface area contributed by atoms with Crippen molar-refractivity contribution >= 4 is 6.09 Å². The van der Waals surface area contributed by atoms with Gasteiger partial charge in [-0.15, -0.1) is 0 Å². The van der Waals surface area contributed by atoms with Gasteiger partial charge in [-0.3, -0.25) is 0 Å². The van der Waals surface area contributed by atoms with Crippen molar-refractivity contribution in [1.29, 1.82) is 0 Å². The summed E-state index contributed by atoms with van der Waals surface area (Å²) in [5.74, 6) is 0. The van der Waals surface area contributed by atoms with E-state index >= 15 is 0 Å². The van der Waals surface area contributed by atoms with Crippen LogP contribution < -0.4 is 5.32 Å². The quantitative estimate of drug-likeness (QED) is 0.742. The summed E-state index contributed by atoms with van der Waals surface area (Å²) in [5, 5.41) is 21.3. The van der Waals surface area contributed by atoms with Crippen molar-refractivity contribution in [3.05, 3.63) is 35.9 Å². The highest BCUT2D eigenvalue weighted by Gasteiger charge is 2.32. The molecule has 98 valence electrons. The van der Waals surface area contributed by atoms with Crippen LogP contribution in [0.1, 0.15) is 18.4 Å². The number of hydrogen-bond donors (Lipinski definition) is 3. The molecule has 0 unspecified atom stereocenters. The molecule has 0 saturated heterocycles. The normalized spacial score (nSPS) is 23.9. The zero-order valence-corrected chi connectivity index (χ0v) is 9.95. The van der Waals surface area contributed by atoms with Gasteiger partial charge >= 0.3 is 6.09 Å². The number of alkyl carbamates (subject to hydrolysis) is 1. The monoisotopic (exact) mass is 251 g/mol. The Bertz CT molecular complexity index is 385. The minimum Gasteiger partial charge on any atom is -0.445 e. The van der Waals surface area contributed by atoms with Crippen molar-refractivity contribution in [2.75, 3.05) is 0 Å². The lowest BCUT2D eigenvalue weighted by Crippen LogP contribution is -2.33. The number of aliphatic hydroxyl groups is 2. The lowest BCUT2D eigenvalue weighted by molar-refractivity contribution is 0.0438. The molecule has 2 rings (SSSR count). The largest absolute Gasteiger partial charge is 0.445 e. The number of aliphatic hydroxyl groups excluding tert-OH is 2. The standard InChI is InChI=1S/C13H17NO4/c15-11-6-10(7-12(11)16)14-13(17)18-8-9-4-2-1-3-5-9/h1-5,10-12,15-16H,6-8H2,(H,14,17)/t11-,12-/m1/s1. The van der Waals surface area contributed by atoms with E-state index in [0.29, 0.717) is 12.8 Å². The molecule has 0 aliphatic heterocycles. The Hall–Kier alpha value is -1.59. The molecule has 0 spiro atoms. The number of rotatable bonds is 3. The maximum absolute atomic E-state index is 11.5. The van der Waals surface area contributed by atoms with Gasteiger partial charge in [0.15, 0.2) is 0 Å². The highest BCUT2D eigenvalue weighted by atomic mass is 16.5. The van der Waals surface area contributed by atoms with Crippen LogP contribution in [0.5, 0.6) is 0 Å². The van der Waals surface area contributed by atoms with Crippen LogP contribution >= 0.6 is 0 Å². The molecule has 1 fully saturated rings. The second-order valence-corrected chi connectivity index (χ2v) is 4.51. The first-order valence-electron chi connectivity index (χ1n) is 5.98. The lowest BCUT2D eigenvalue weighted by Gasteiger charge is -2.12. The molecule has 18 heavy (non-hydrogen) atoms. The van der Waals surface area contributed by atoms with E-state index in [9.17, 15) is 15.0 Å². The molecule has 1 aliphatic rings. The zero-order chi connectivity index (χ0) is 13.0. The van der Waals surface area contributed by atoms with Crippen LogP contribution in [0.4, 0.5) is 4.79 Å². The van der Waals surface area contributed by atoms with Gasteiger partial charge in [-0.05, 0) is 18.4 Å². The average molecular weight is 251 g/mol. The fourth-order valence-electron chi connectivity index (χ4n) is 2.04. The van der Waals surface area contributed by atoms with Crippen molar-refractivity contribution in [3.8, 4) is 0 Å². The Labute approximate surface area is 105 Å². The maximum atomic E-state index is 11.5. The number of carbonyl (C=O) groups excluding carboxylic acids is 1. The number of hydrogen-bond acceptors (Lipinski definition) is 4. The lowest BCUT2D eigenvalue weighted by atomic mass is 10.2. The third-order valence-electron chi connectivity index (χ3n) is 3.03. The van der Waals surface area contributed by atoms with Crippen LogP contribution in [0.2, 0.25) is 0 Å². The van der Waals surface area contributed by atoms with Crippen LogP contribution in [0, 0.1) is 0 Å². The van der Waals surface area contributed by atoms with Gasteiger partial charge in [0.05, 0.1) is 12.2 Å². The summed E-state index contributed by atoms with van der Waals surface area (Å²) in [6, 6.07) is 9.16. The van der Waals surface area contributed by atoms with Crippen molar-refractivity contribution in [2.45, 2.75) is 37.7 Å². The second-order valence-electron chi connectivity index (χ2n) is 4.51. The van der Waals surface area contributed by atoms with Gasteiger partial charge in [-0.2, -0.15) is 0 Å². The first-order valence-corrected chi connectivity index (χ1v) is 5.98. The molecule has 0 bridgehead atoms. The molecule has 1 aromatic carbocycles. The third kappa shape index (κ3) is 3.45. The molecule has 1 aromatic rings. The number of benzene rings is 1. The summed E-state index contributed by atoms with van der Waals surface area (Å²) in [5.41, 5.74) is 0.916. The average Bonchev–Trinajstić information content (AvgIpc) is 2.67. The summed E-state index contributed by atoms with van der Waals surface area (Å²) in [6.07, 6.45) is -1.32. The van der Waals surface area contributed by atoms with E-state index in [2.05, 4.69) is 5.32 Å². The predicted octanol–water partition coefficient (Wildman–Crippen LogP) is 0.797. The maximum Gasteiger partial charge on any atom is 0.407 e. The predicted molar refractivity (Wildman–Crippen MR) is 64.8 cm³/mol. The van der Waals surface area contributed by atoms with Gasteiger partial charge in [-0.1, -0.05) is 30.3 Å². The summed E-state index contributed by atoms with van der Waals surface area (Å²) in [7, 11) is 0. The van der Waals surface area contributed by atoms with E-state index in [1.54, 1.807) is 0 Å². The Morgan fingerprint density at radius 1 is 1.22 bits per heavy atom. The molecule has 1 amide bonds. The summed E-state index contributed by atoms with van der Waals surface area (Å²) < 4.78 is 5.05. The molecule has 5 nitrogen and oxygen atoms in total. The van der Waals surface area contributed by atoms with E-state index in [1.165, 1.54) is 0 Å². The number of nitrogens with one attached hydrogen (secondary N) is 1. The van der Waals surface area contributed by atoms with Gasteiger partial charge in [-0.25, -0.2) is 4.79 Å². The smallest absolute Gasteiger partial charge is 0.407 e. The number of ether oxygens (including phenoxy) is 1. The van der Waals surface area contributed by atoms with Crippen LogP contribution in [0.25, 0.3) is 0 Å².